The van der Waals surface area contributed by atoms with E-state index in [1.165, 1.54) is 6.20 Å². The number of ether oxygens (including phenoxy) is 1. The Morgan fingerprint density at radius 3 is 2.28 bits per heavy atom. The maximum atomic E-state index is 12.7. The molecule has 1 saturated heterocycles. The first-order valence-electron chi connectivity index (χ1n) is 10.8. The minimum Gasteiger partial charge on any atom is -0.462 e. The topological polar surface area (TPSA) is 104 Å². The second kappa shape index (κ2) is 11.1. The fourth-order valence-corrected chi connectivity index (χ4v) is 3.35. The zero-order valence-corrected chi connectivity index (χ0v) is 18.5. The number of urea groups is 1. The molecule has 1 aromatic heterocycles. The van der Waals surface area contributed by atoms with Gasteiger partial charge in [0.05, 0.1) is 12.2 Å². The smallest absolute Gasteiger partial charge is 0.339 e. The Hall–Kier alpha value is -3.62. The van der Waals surface area contributed by atoms with Crippen molar-refractivity contribution in [3.63, 3.8) is 0 Å². The largest absolute Gasteiger partial charge is 0.462 e. The zero-order valence-electron chi connectivity index (χ0n) is 18.5. The first kappa shape index (κ1) is 23.1. The number of esters is 1. The number of pyridine rings is 1. The van der Waals surface area contributed by atoms with Crippen molar-refractivity contribution in [2.45, 2.75) is 26.7 Å². The fraction of sp³-hybridized carbons (Fsp3) is 0.391. The van der Waals surface area contributed by atoms with E-state index < -0.39 is 0 Å². The van der Waals surface area contributed by atoms with Crippen LogP contribution in [-0.4, -0.2) is 60.6 Å². The summed E-state index contributed by atoms with van der Waals surface area (Å²) >= 11 is 0. The van der Waals surface area contributed by atoms with Crippen molar-refractivity contribution in [2.75, 3.05) is 48.3 Å². The summed E-state index contributed by atoms with van der Waals surface area (Å²) in [6.07, 6.45) is 2.74. The number of carbonyl (C=O) groups excluding carboxylic acids is 3. The van der Waals surface area contributed by atoms with Crippen molar-refractivity contribution in [1.82, 2.24) is 9.88 Å². The Bertz CT molecular complexity index is 930. The quantitative estimate of drug-likeness (QED) is 0.669. The lowest BCUT2D eigenvalue weighted by atomic mass is 10.2. The normalized spacial score (nSPS) is 13.8. The summed E-state index contributed by atoms with van der Waals surface area (Å²) in [7, 11) is 0. The highest BCUT2D eigenvalue weighted by atomic mass is 16.5. The van der Waals surface area contributed by atoms with E-state index in [2.05, 4.69) is 20.5 Å². The number of carbonyl (C=O) groups is 3. The molecule has 32 heavy (non-hydrogen) atoms. The van der Waals surface area contributed by atoms with Gasteiger partial charge >= 0.3 is 12.0 Å². The molecule has 9 nitrogen and oxygen atoms in total. The molecule has 0 aliphatic carbocycles. The average molecular weight is 440 g/mol. The lowest BCUT2D eigenvalue weighted by Gasteiger charge is -2.23. The monoisotopic (exact) mass is 439 g/mol. The van der Waals surface area contributed by atoms with E-state index in [1.807, 2.05) is 0 Å². The van der Waals surface area contributed by atoms with Gasteiger partial charge < -0.3 is 25.2 Å². The van der Waals surface area contributed by atoms with Crippen LogP contribution in [0.25, 0.3) is 0 Å². The molecule has 0 atom stereocenters. The molecule has 2 N–H and O–H groups in total. The summed E-state index contributed by atoms with van der Waals surface area (Å²) < 4.78 is 4.99. The maximum Gasteiger partial charge on any atom is 0.339 e. The van der Waals surface area contributed by atoms with Gasteiger partial charge in [-0.2, -0.15) is 0 Å². The molecule has 2 aromatic rings. The van der Waals surface area contributed by atoms with Crippen molar-refractivity contribution in [3.8, 4) is 0 Å². The van der Waals surface area contributed by atoms with Crippen LogP contribution in [0.3, 0.4) is 0 Å². The molecule has 0 bridgehead atoms. The van der Waals surface area contributed by atoms with Crippen molar-refractivity contribution >= 4 is 35.1 Å². The zero-order chi connectivity index (χ0) is 22.9. The Labute approximate surface area is 187 Å². The average Bonchev–Trinajstić information content (AvgIpc) is 3.07. The summed E-state index contributed by atoms with van der Waals surface area (Å²) in [5.41, 5.74) is 1.79. The number of nitrogens with zero attached hydrogens (tertiary/aromatic N) is 3. The number of benzene rings is 1. The van der Waals surface area contributed by atoms with Gasteiger partial charge in [-0.3, -0.25) is 4.79 Å². The van der Waals surface area contributed by atoms with Gasteiger partial charge in [-0.1, -0.05) is 6.92 Å². The predicted octanol–water partition coefficient (Wildman–Crippen LogP) is 3.35. The summed E-state index contributed by atoms with van der Waals surface area (Å²) in [6, 6.07) is 10.4. The highest BCUT2D eigenvalue weighted by molar-refractivity contribution is 5.92. The maximum absolute atomic E-state index is 12.7. The van der Waals surface area contributed by atoms with E-state index in [-0.39, 0.29) is 17.9 Å². The molecule has 3 amide bonds. The second-order valence-corrected chi connectivity index (χ2v) is 7.36. The van der Waals surface area contributed by atoms with Gasteiger partial charge in [0.1, 0.15) is 5.82 Å². The second-order valence-electron chi connectivity index (χ2n) is 7.36. The van der Waals surface area contributed by atoms with E-state index in [0.717, 1.165) is 18.8 Å². The van der Waals surface area contributed by atoms with Gasteiger partial charge in [-0.15, -0.1) is 0 Å². The number of hydrogen-bond acceptors (Lipinski definition) is 6. The van der Waals surface area contributed by atoms with Gasteiger partial charge in [0, 0.05) is 50.2 Å². The van der Waals surface area contributed by atoms with Crippen LogP contribution in [0.15, 0.2) is 42.6 Å². The Morgan fingerprint density at radius 2 is 1.66 bits per heavy atom. The third kappa shape index (κ3) is 6.19. The SMILES string of the molecule is CCOC(=O)c1ccc(N2CCCN(C(=O)Nc3ccc(NC(=O)CC)cc3)CC2)nc1. The number of rotatable bonds is 6. The van der Waals surface area contributed by atoms with Crippen molar-refractivity contribution < 1.29 is 19.1 Å². The number of anilines is 3. The number of hydrogen-bond donors (Lipinski definition) is 2. The fourth-order valence-electron chi connectivity index (χ4n) is 3.35. The molecule has 0 spiro atoms. The Morgan fingerprint density at radius 1 is 0.938 bits per heavy atom. The number of nitrogens with one attached hydrogen (secondary N) is 2. The third-order valence-electron chi connectivity index (χ3n) is 5.11. The molecule has 0 radical (unpaired) electrons. The molecule has 3 rings (SSSR count). The van der Waals surface area contributed by atoms with Crippen molar-refractivity contribution in [1.29, 1.82) is 0 Å². The van der Waals surface area contributed by atoms with E-state index in [4.69, 9.17) is 4.74 Å². The lowest BCUT2D eigenvalue weighted by molar-refractivity contribution is -0.115. The summed E-state index contributed by atoms with van der Waals surface area (Å²) in [5, 5.41) is 5.69. The molecule has 1 aromatic carbocycles. The van der Waals surface area contributed by atoms with Gasteiger partial charge in [0.15, 0.2) is 0 Å². The summed E-state index contributed by atoms with van der Waals surface area (Å²) in [6.45, 7) is 6.47. The molecule has 170 valence electrons. The highest BCUT2D eigenvalue weighted by Crippen LogP contribution is 2.17. The molecule has 0 unspecified atom stereocenters. The first-order valence-corrected chi connectivity index (χ1v) is 10.8. The van der Waals surface area contributed by atoms with Gasteiger partial charge in [-0.05, 0) is 49.7 Å². The minimum atomic E-state index is -0.383. The van der Waals surface area contributed by atoms with E-state index in [1.54, 1.807) is 55.1 Å². The molecule has 0 saturated carbocycles. The molecule has 1 aliphatic heterocycles. The van der Waals surface area contributed by atoms with E-state index in [0.29, 0.717) is 49.6 Å². The summed E-state index contributed by atoms with van der Waals surface area (Å²) in [4.78, 5) is 44.2. The van der Waals surface area contributed by atoms with Crippen LogP contribution in [0.4, 0.5) is 22.0 Å². The van der Waals surface area contributed by atoms with Gasteiger partial charge in [0.25, 0.3) is 0 Å². The lowest BCUT2D eigenvalue weighted by Crippen LogP contribution is -2.38. The van der Waals surface area contributed by atoms with Crippen molar-refractivity contribution in [3.05, 3.63) is 48.2 Å². The Kier molecular flexibility index (Phi) is 8.02. The molecule has 9 heteroatoms. The van der Waals surface area contributed by atoms with Crippen LogP contribution in [-0.2, 0) is 9.53 Å². The van der Waals surface area contributed by atoms with Crippen LogP contribution in [0.5, 0.6) is 0 Å². The minimum absolute atomic E-state index is 0.0547. The Balaban J connectivity index is 1.53. The summed E-state index contributed by atoms with van der Waals surface area (Å²) in [5.74, 6) is 0.331. The van der Waals surface area contributed by atoms with Gasteiger partial charge in [-0.25, -0.2) is 14.6 Å². The standard InChI is InChI=1S/C23H29N5O4/c1-3-21(29)25-18-7-9-19(10-8-18)26-23(31)28-13-5-12-27(14-15-28)20-11-6-17(16-24-20)22(30)32-4-2/h6-11,16H,3-5,12-15H2,1-2H3,(H,25,29)(H,26,31). The van der Waals surface area contributed by atoms with E-state index >= 15 is 0 Å². The molecular formula is C23H29N5O4. The number of aromatic nitrogens is 1. The predicted molar refractivity (Wildman–Crippen MR) is 123 cm³/mol. The molecule has 2 heterocycles. The van der Waals surface area contributed by atoms with E-state index in [9.17, 15) is 14.4 Å². The van der Waals surface area contributed by atoms with Crippen LogP contribution < -0.4 is 15.5 Å². The first-order chi connectivity index (χ1) is 15.5. The van der Waals surface area contributed by atoms with Crippen molar-refractivity contribution in [2.24, 2.45) is 0 Å². The van der Waals surface area contributed by atoms with Crippen LogP contribution in [0.1, 0.15) is 37.0 Å². The van der Waals surface area contributed by atoms with Crippen LogP contribution in [0, 0.1) is 0 Å². The number of amides is 3. The third-order valence-corrected chi connectivity index (χ3v) is 5.11. The molecule has 1 fully saturated rings. The van der Waals surface area contributed by atoms with Crippen LogP contribution in [0.2, 0.25) is 0 Å². The van der Waals surface area contributed by atoms with Crippen LogP contribution >= 0.6 is 0 Å². The molecular weight excluding hydrogens is 410 g/mol. The highest BCUT2D eigenvalue weighted by Gasteiger charge is 2.20. The van der Waals surface area contributed by atoms with Gasteiger partial charge in [0.2, 0.25) is 5.91 Å². The molecule has 1 aliphatic rings.